The fourth-order valence-electron chi connectivity index (χ4n) is 5.38. The van der Waals surface area contributed by atoms with Crippen molar-refractivity contribution in [1.29, 1.82) is 0 Å². The maximum atomic E-state index is 12.6. The Morgan fingerprint density at radius 1 is 0.895 bits per heavy atom. The van der Waals surface area contributed by atoms with Crippen molar-refractivity contribution in [1.82, 2.24) is 14.7 Å². The summed E-state index contributed by atoms with van der Waals surface area (Å²) < 4.78 is 13.3. The van der Waals surface area contributed by atoms with Gasteiger partial charge in [-0.05, 0) is 91.1 Å². The van der Waals surface area contributed by atoms with Crippen molar-refractivity contribution in [2.75, 3.05) is 26.8 Å². The monoisotopic (exact) mass is 507 g/mol. The van der Waals surface area contributed by atoms with Gasteiger partial charge >= 0.3 is 0 Å². The first kappa shape index (κ1) is 24.3. The highest BCUT2D eigenvalue weighted by molar-refractivity contribution is 5.78. The number of methoxy groups -OCH3 is 1. The van der Waals surface area contributed by atoms with Gasteiger partial charge in [-0.25, -0.2) is 4.68 Å². The van der Waals surface area contributed by atoms with Crippen LogP contribution in [0.1, 0.15) is 31.2 Å². The van der Waals surface area contributed by atoms with Crippen LogP contribution in [0.15, 0.2) is 78.9 Å². The molecule has 1 aliphatic carbocycles. The highest BCUT2D eigenvalue weighted by atomic mass is 16.5. The second kappa shape index (κ2) is 10.0. The average Bonchev–Trinajstić information content (AvgIpc) is 3.57. The number of hydrogen-bond acceptors (Lipinski definition) is 4. The van der Waals surface area contributed by atoms with Crippen LogP contribution in [0.25, 0.3) is 28.1 Å². The van der Waals surface area contributed by atoms with Gasteiger partial charge in [0.1, 0.15) is 5.75 Å². The number of nitrogens with zero attached hydrogens (tertiary/aromatic N) is 3. The van der Waals surface area contributed by atoms with Crippen molar-refractivity contribution in [3.8, 4) is 39.7 Å². The summed E-state index contributed by atoms with van der Waals surface area (Å²) in [5.74, 6) is 1.40. The standard InChI is InChI=1S/C32H33N3O3/c1-23-5-3-4-6-28(23)24-7-11-26(12-8-24)35-31(37-2)21-29(33-35)25-9-13-27(14-10-25)38-22-30(36)34-19-17-32(15-16-32)18-20-34/h3-14,21H,15-20,22H2,1-2H3. The first-order chi connectivity index (χ1) is 18.5. The summed E-state index contributed by atoms with van der Waals surface area (Å²) in [5, 5.41) is 4.81. The van der Waals surface area contributed by atoms with Gasteiger partial charge in [0.2, 0.25) is 5.88 Å². The molecule has 1 aromatic heterocycles. The minimum absolute atomic E-state index is 0.0708. The lowest BCUT2D eigenvalue weighted by atomic mass is 9.94. The van der Waals surface area contributed by atoms with Crippen LogP contribution in [0.4, 0.5) is 0 Å². The lowest BCUT2D eigenvalue weighted by Crippen LogP contribution is -2.41. The van der Waals surface area contributed by atoms with Gasteiger partial charge in [-0.1, -0.05) is 36.4 Å². The normalized spacial score (nSPS) is 15.9. The molecule has 1 aliphatic heterocycles. The van der Waals surface area contributed by atoms with Gasteiger partial charge in [-0.3, -0.25) is 4.79 Å². The van der Waals surface area contributed by atoms with Gasteiger partial charge in [0, 0.05) is 24.7 Å². The van der Waals surface area contributed by atoms with Crippen LogP contribution in [0, 0.1) is 12.3 Å². The molecule has 38 heavy (non-hydrogen) atoms. The van der Waals surface area contributed by atoms with E-state index in [0.717, 1.165) is 42.9 Å². The number of benzene rings is 3. The largest absolute Gasteiger partial charge is 0.484 e. The van der Waals surface area contributed by atoms with E-state index >= 15 is 0 Å². The summed E-state index contributed by atoms with van der Waals surface area (Å²) in [7, 11) is 1.65. The molecule has 6 heteroatoms. The highest BCUT2D eigenvalue weighted by Gasteiger charge is 2.45. The van der Waals surface area contributed by atoms with E-state index in [4.69, 9.17) is 14.6 Å². The van der Waals surface area contributed by atoms with Gasteiger partial charge in [-0.2, -0.15) is 5.10 Å². The second-order valence-electron chi connectivity index (χ2n) is 10.5. The highest BCUT2D eigenvalue weighted by Crippen LogP contribution is 2.53. The van der Waals surface area contributed by atoms with Crippen LogP contribution in [0.2, 0.25) is 0 Å². The molecule has 0 radical (unpaired) electrons. The van der Waals surface area contributed by atoms with Crippen molar-refractivity contribution in [2.24, 2.45) is 5.41 Å². The summed E-state index contributed by atoms with van der Waals surface area (Å²) in [6.45, 7) is 3.92. The van der Waals surface area contributed by atoms with Crippen LogP contribution < -0.4 is 9.47 Å². The maximum Gasteiger partial charge on any atom is 0.260 e. The van der Waals surface area contributed by atoms with E-state index in [0.29, 0.717) is 17.0 Å². The number of hydrogen-bond donors (Lipinski definition) is 0. The van der Waals surface area contributed by atoms with Crippen LogP contribution in [0.3, 0.4) is 0 Å². The van der Waals surface area contributed by atoms with E-state index in [-0.39, 0.29) is 12.5 Å². The van der Waals surface area contributed by atoms with E-state index in [1.807, 2.05) is 39.9 Å². The second-order valence-corrected chi connectivity index (χ2v) is 10.5. The number of aromatic nitrogens is 2. The lowest BCUT2D eigenvalue weighted by molar-refractivity contribution is -0.134. The Hall–Kier alpha value is -4.06. The topological polar surface area (TPSA) is 56.6 Å². The molecule has 0 atom stereocenters. The quantitative estimate of drug-likeness (QED) is 0.294. The molecule has 2 fully saturated rings. The van der Waals surface area contributed by atoms with Gasteiger partial charge in [0.15, 0.2) is 6.61 Å². The fourth-order valence-corrected chi connectivity index (χ4v) is 5.38. The lowest BCUT2D eigenvalue weighted by Gasteiger charge is -2.32. The molecular formula is C32H33N3O3. The van der Waals surface area contributed by atoms with E-state index in [9.17, 15) is 4.79 Å². The van der Waals surface area contributed by atoms with Crippen molar-refractivity contribution in [3.05, 3.63) is 84.4 Å². The third kappa shape index (κ3) is 4.91. The molecule has 1 saturated heterocycles. The Bertz CT molecular complexity index is 1430. The maximum absolute atomic E-state index is 12.6. The van der Waals surface area contributed by atoms with Crippen molar-refractivity contribution >= 4 is 5.91 Å². The summed E-state index contributed by atoms with van der Waals surface area (Å²) in [6, 6.07) is 26.3. The molecular weight excluding hydrogens is 474 g/mol. The molecule has 0 bridgehead atoms. The van der Waals surface area contributed by atoms with E-state index in [1.165, 1.54) is 29.5 Å². The van der Waals surface area contributed by atoms with Crippen molar-refractivity contribution in [3.63, 3.8) is 0 Å². The molecule has 1 saturated carbocycles. The van der Waals surface area contributed by atoms with Gasteiger partial charge in [-0.15, -0.1) is 0 Å². The third-order valence-corrected chi connectivity index (χ3v) is 8.10. The van der Waals surface area contributed by atoms with Crippen molar-refractivity contribution < 1.29 is 14.3 Å². The smallest absolute Gasteiger partial charge is 0.260 e. The number of rotatable bonds is 7. The Morgan fingerprint density at radius 3 is 2.24 bits per heavy atom. The van der Waals surface area contributed by atoms with E-state index in [2.05, 4.69) is 55.5 Å². The number of piperidine rings is 1. The Balaban J connectivity index is 1.12. The number of carbonyl (C=O) groups excluding carboxylic acids is 1. The van der Waals surface area contributed by atoms with Gasteiger partial charge in [0.05, 0.1) is 18.5 Å². The number of likely N-dealkylation sites (tertiary alicyclic amines) is 1. The van der Waals surface area contributed by atoms with Crippen LogP contribution in [-0.2, 0) is 4.79 Å². The first-order valence-corrected chi connectivity index (χ1v) is 13.4. The zero-order valence-electron chi connectivity index (χ0n) is 22.0. The molecule has 1 spiro atoms. The summed E-state index contributed by atoms with van der Waals surface area (Å²) in [4.78, 5) is 14.5. The molecule has 0 N–H and O–H groups in total. The van der Waals surface area contributed by atoms with Gasteiger partial charge in [0.25, 0.3) is 5.91 Å². The molecule has 2 aliphatic rings. The zero-order valence-corrected chi connectivity index (χ0v) is 22.0. The van der Waals surface area contributed by atoms with E-state index in [1.54, 1.807) is 7.11 Å². The Labute approximate surface area is 223 Å². The third-order valence-electron chi connectivity index (χ3n) is 8.10. The molecule has 6 rings (SSSR count). The Kier molecular flexibility index (Phi) is 6.40. The van der Waals surface area contributed by atoms with Crippen molar-refractivity contribution in [2.45, 2.75) is 32.6 Å². The molecule has 6 nitrogen and oxygen atoms in total. The molecule has 194 valence electrons. The first-order valence-electron chi connectivity index (χ1n) is 13.4. The predicted molar refractivity (Wildman–Crippen MR) is 149 cm³/mol. The summed E-state index contributed by atoms with van der Waals surface area (Å²) >= 11 is 0. The molecule has 3 aromatic carbocycles. The predicted octanol–water partition coefficient (Wildman–Crippen LogP) is 6.30. The zero-order chi connectivity index (χ0) is 26.1. The fraction of sp³-hybridized carbons (Fsp3) is 0.312. The number of aryl methyl sites for hydroxylation is 1. The number of carbonyl (C=O) groups is 1. The van der Waals surface area contributed by atoms with Crippen LogP contribution >= 0.6 is 0 Å². The molecule has 1 amide bonds. The van der Waals surface area contributed by atoms with Crippen LogP contribution in [-0.4, -0.2) is 47.4 Å². The van der Waals surface area contributed by atoms with Crippen LogP contribution in [0.5, 0.6) is 11.6 Å². The SMILES string of the molecule is COc1cc(-c2ccc(OCC(=O)N3CCC4(CC3)CC4)cc2)nn1-c1ccc(-c2ccccc2C)cc1. The average molecular weight is 508 g/mol. The summed E-state index contributed by atoms with van der Waals surface area (Å²) in [5.41, 5.74) is 6.87. The number of ether oxygens (including phenoxy) is 2. The molecule has 4 aromatic rings. The summed E-state index contributed by atoms with van der Waals surface area (Å²) in [6.07, 6.45) is 4.95. The minimum Gasteiger partial charge on any atom is -0.484 e. The minimum atomic E-state index is 0.0708. The van der Waals surface area contributed by atoms with Gasteiger partial charge < -0.3 is 14.4 Å². The van der Waals surface area contributed by atoms with E-state index < -0.39 is 0 Å². The molecule has 0 unspecified atom stereocenters. The molecule has 2 heterocycles. The number of amides is 1. The Morgan fingerprint density at radius 2 is 1.58 bits per heavy atom.